The summed E-state index contributed by atoms with van der Waals surface area (Å²) in [6.07, 6.45) is 0.776. The summed E-state index contributed by atoms with van der Waals surface area (Å²) in [6, 6.07) is 7.79. The summed E-state index contributed by atoms with van der Waals surface area (Å²) < 4.78 is 12.4. The minimum atomic E-state index is -0.367. The Hall–Kier alpha value is -1.53. The Kier molecular flexibility index (Phi) is 4.54. The van der Waals surface area contributed by atoms with E-state index in [1.165, 1.54) is 0 Å². The van der Waals surface area contributed by atoms with Crippen molar-refractivity contribution in [1.29, 1.82) is 5.26 Å². The van der Waals surface area contributed by atoms with Crippen LogP contribution in [0.1, 0.15) is 52.7 Å². The largest absolute Gasteiger partial charge is 0.485 e. The second kappa shape index (κ2) is 5.93. The van der Waals surface area contributed by atoms with Crippen LogP contribution in [0.4, 0.5) is 0 Å². The maximum absolute atomic E-state index is 9.06. The Balaban J connectivity index is 2.17. The van der Waals surface area contributed by atoms with E-state index in [1.54, 1.807) is 6.07 Å². The van der Waals surface area contributed by atoms with Gasteiger partial charge in [0.1, 0.15) is 17.5 Å². The zero-order chi connectivity index (χ0) is 16.5. The molecule has 0 N–H and O–H groups in total. The van der Waals surface area contributed by atoms with E-state index < -0.39 is 0 Å². The van der Waals surface area contributed by atoms with E-state index in [1.807, 2.05) is 12.1 Å². The smallest absolute Gasteiger partial charge is 0.130 e. The van der Waals surface area contributed by atoms with Crippen LogP contribution < -0.4 is 4.74 Å². The van der Waals surface area contributed by atoms with Crippen LogP contribution in [0.5, 0.6) is 5.75 Å². The first-order chi connectivity index (χ1) is 10.2. The third kappa shape index (κ3) is 3.44. The first-order valence-corrected chi connectivity index (χ1v) is 7.99. The van der Waals surface area contributed by atoms with Crippen molar-refractivity contribution < 1.29 is 9.47 Å². The Bertz CT molecular complexity index is 582. The Morgan fingerprint density at radius 3 is 2.68 bits per heavy atom. The quantitative estimate of drug-likeness (QED) is 0.830. The highest BCUT2D eigenvalue weighted by atomic mass is 16.6. The fraction of sp³-hybridized carbons (Fsp3) is 0.632. The summed E-state index contributed by atoms with van der Waals surface area (Å²) in [7, 11) is 0. The predicted molar refractivity (Wildman–Crippen MR) is 87.9 cm³/mol. The van der Waals surface area contributed by atoms with Crippen molar-refractivity contribution in [2.45, 2.75) is 59.7 Å². The standard InChI is InChI=1S/C19H27NO2/c1-13(2)18(3,4)12-21-17-10-15-9-14(11-20)7-8-16(15)22-19(17,5)6/h7-9,13,17H,10,12H2,1-6H3. The van der Waals surface area contributed by atoms with Gasteiger partial charge in [-0.3, -0.25) is 0 Å². The highest BCUT2D eigenvalue weighted by Crippen LogP contribution is 2.36. The average molecular weight is 301 g/mol. The molecule has 1 aliphatic heterocycles. The van der Waals surface area contributed by atoms with Gasteiger partial charge < -0.3 is 9.47 Å². The van der Waals surface area contributed by atoms with Gasteiger partial charge in [-0.1, -0.05) is 27.7 Å². The minimum absolute atomic E-state index is 0.00744. The highest BCUT2D eigenvalue weighted by Gasteiger charge is 2.39. The lowest BCUT2D eigenvalue weighted by molar-refractivity contribution is -0.108. The van der Waals surface area contributed by atoms with Crippen LogP contribution >= 0.6 is 0 Å². The van der Waals surface area contributed by atoms with Gasteiger partial charge in [0.05, 0.1) is 18.2 Å². The Morgan fingerprint density at radius 2 is 2.09 bits per heavy atom. The fourth-order valence-electron chi connectivity index (χ4n) is 2.44. The van der Waals surface area contributed by atoms with Gasteiger partial charge >= 0.3 is 0 Å². The van der Waals surface area contributed by atoms with Crippen molar-refractivity contribution in [3.8, 4) is 11.8 Å². The van der Waals surface area contributed by atoms with Crippen molar-refractivity contribution in [2.24, 2.45) is 11.3 Å². The van der Waals surface area contributed by atoms with Crippen LogP contribution in [0.25, 0.3) is 0 Å². The number of nitrogens with zero attached hydrogens (tertiary/aromatic N) is 1. The molecule has 22 heavy (non-hydrogen) atoms. The molecule has 1 aromatic carbocycles. The van der Waals surface area contributed by atoms with Crippen LogP contribution in [0.3, 0.4) is 0 Å². The van der Waals surface area contributed by atoms with Gasteiger partial charge in [0.15, 0.2) is 0 Å². The van der Waals surface area contributed by atoms with Gasteiger partial charge in [-0.05, 0) is 48.9 Å². The molecule has 1 heterocycles. The third-order valence-corrected chi connectivity index (χ3v) is 4.96. The third-order valence-electron chi connectivity index (χ3n) is 4.96. The molecule has 1 unspecified atom stereocenters. The van der Waals surface area contributed by atoms with Crippen molar-refractivity contribution >= 4 is 0 Å². The molecule has 0 saturated carbocycles. The van der Waals surface area contributed by atoms with Gasteiger partial charge in [-0.15, -0.1) is 0 Å². The van der Waals surface area contributed by atoms with Crippen molar-refractivity contribution in [3.05, 3.63) is 29.3 Å². The highest BCUT2D eigenvalue weighted by molar-refractivity contribution is 5.44. The lowest BCUT2D eigenvalue weighted by Gasteiger charge is -2.41. The van der Waals surface area contributed by atoms with Crippen LogP contribution in [0.15, 0.2) is 18.2 Å². The van der Waals surface area contributed by atoms with E-state index >= 15 is 0 Å². The normalized spacial score (nSPS) is 20.2. The maximum atomic E-state index is 9.06. The number of nitriles is 1. The first-order valence-electron chi connectivity index (χ1n) is 7.99. The van der Waals surface area contributed by atoms with E-state index in [9.17, 15) is 0 Å². The molecule has 0 amide bonds. The van der Waals surface area contributed by atoms with E-state index in [2.05, 4.69) is 47.6 Å². The first kappa shape index (κ1) is 16.8. The molecule has 0 radical (unpaired) electrons. The molecule has 0 saturated heterocycles. The fourth-order valence-corrected chi connectivity index (χ4v) is 2.44. The Labute approximate surface area is 134 Å². The molecule has 1 aliphatic rings. The van der Waals surface area contributed by atoms with Gasteiger partial charge in [0, 0.05) is 6.42 Å². The molecule has 0 aromatic heterocycles. The van der Waals surface area contributed by atoms with Crippen LogP contribution in [-0.2, 0) is 11.2 Å². The average Bonchev–Trinajstić information content (AvgIpc) is 2.43. The minimum Gasteiger partial charge on any atom is -0.485 e. The molecule has 3 nitrogen and oxygen atoms in total. The molecular formula is C19H27NO2. The number of hydrogen-bond acceptors (Lipinski definition) is 3. The van der Waals surface area contributed by atoms with Crippen LogP contribution in [0.2, 0.25) is 0 Å². The van der Waals surface area contributed by atoms with E-state index in [4.69, 9.17) is 14.7 Å². The van der Waals surface area contributed by atoms with Crippen molar-refractivity contribution in [1.82, 2.24) is 0 Å². The number of benzene rings is 1. The molecule has 120 valence electrons. The maximum Gasteiger partial charge on any atom is 0.130 e. The number of rotatable bonds is 4. The molecule has 0 spiro atoms. The van der Waals surface area contributed by atoms with Gasteiger partial charge in [-0.25, -0.2) is 0 Å². The van der Waals surface area contributed by atoms with Gasteiger partial charge in [0.2, 0.25) is 0 Å². The summed E-state index contributed by atoms with van der Waals surface area (Å²) in [5.74, 6) is 1.42. The van der Waals surface area contributed by atoms with Crippen molar-refractivity contribution in [3.63, 3.8) is 0 Å². The van der Waals surface area contributed by atoms with Gasteiger partial charge in [-0.2, -0.15) is 5.26 Å². The number of fused-ring (bicyclic) bond motifs is 1. The molecular weight excluding hydrogens is 274 g/mol. The summed E-state index contributed by atoms with van der Waals surface area (Å²) in [5.41, 5.74) is 1.49. The molecule has 0 aliphatic carbocycles. The van der Waals surface area contributed by atoms with E-state index in [-0.39, 0.29) is 17.1 Å². The van der Waals surface area contributed by atoms with E-state index in [0.717, 1.165) is 17.7 Å². The second-order valence-corrected chi connectivity index (χ2v) is 7.79. The zero-order valence-electron chi connectivity index (χ0n) is 14.6. The summed E-state index contributed by atoms with van der Waals surface area (Å²) in [4.78, 5) is 0. The molecule has 0 bridgehead atoms. The number of ether oxygens (including phenoxy) is 2. The molecule has 1 aromatic rings. The monoisotopic (exact) mass is 301 g/mol. The SMILES string of the molecule is CC(C)C(C)(C)COC1Cc2cc(C#N)ccc2OC1(C)C. The summed E-state index contributed by atoms with van der Waals surface area (Å²) in [5, 5.41) is 9.06. The summed E-state index contributed by atoms with van der Waals surface area (Å²) >= 11 is 0. The summed E-state index contributed by atoms with van der Waals surface area (Å²) in [6.45, 7) is 13.8. The predicted octanol–water partition coefficient (Wildman–Crippen LogP) is 4.34. The van der Waals surface area contributed by atoms with Crippen LogP contribution in [0, 0.1) is 22.7 Å². The molecule has 2 rings (SSSR count). The topological polar surface area (TPSA) is 42.2 Å². The molecule has 0 fully saturated rings. The van der Waals surface area contributed by atoms with E-state index in [0.29, 0.717) is 18.1 Å². The van der Waals surface area contributed by atoms with Crippen molar-refractivity contribution in [2.75, 3.05) is 6.61 Å². The molecule has 1 atom stereocenters. The number of hydrogen-bond donors (Lipinski definition) is 0. The van der Waals surface area contributed by atoms with Crippen LogP contribution in [-0.4, -0.2) is 18.3 Å². The second-order valence-electron chi connectivity index (χ2n) is 7.79. The lowest BCUT2D eigenvalue weighted by atomic mass is 9.82. The Morgan fingerprint density at radius 1 is 1.41 bits per heavy atom. The van der Waals surface area contributed by atoms with Gasteiger partial charge in [0.25, 0.3) is 0 Å². The zero-order valence-corrected chi connectivity index (χ0v) is 14.6. The lowest BCUT2D eigenvalue weighted by Crippen LogP contribution is -2.49. The molecule has 3 heteroatoms.